The lowest BCUT2D eigenvalue weighted by molar-refractivity contribution is -0.138. The maximum Gasteiger partial charge on any atom is 0.225 e. The van der Waals surface area contributed by atoms with Crippen molar-refractivity contribution in [2.24, 2.45) is 5.92 Å². The Labute approximate surface area is 222 Å². The number of piperidine rings is 2. The normalized spacial score (nSPS) is 17.9. The van der Waals surface area contributed by atoms with Crippen LogP contribution >= 0.6 is 11.6 Å². The Hall–Kier alpha value is -3.29. The summed E-state index contributed by atoms with van der Waals surface area (Å²) in [6.07, 6.45) is 9.16. The molecule has 37 heavy (non-hydrogen) atoms. The van der Waals surface area contributed by atoms with Gasteiger partial charge in [-0.15, -0.1) is 0 Å². The molecule has 2 aliphatic rings. The van der Waals surface area contributed by atoms with Crippen LogP contribution in [0.15, 0.2) is 67.1 Å². The molecule has 7 nitrogen and oxygen atoms in total. The van der Waals surface area contributed by atoms with Crippen LogP contribution < -0.4 is 0 Å². The first-order valence-electron chi connectivity index (χ1n) is 13.1. The Morgan fingerprint density at radius 3 is 2.43 bits per heavy atom. The molecular weight excluding hydrogens is 484 g/mol. The number of rotatable bonds is 5. The molecule has 0 unspecified atom stereocenters. The van der Waals surface area contributed by atoms with Crippen molar-refractivity contribution in [3.63, 3.8) is 0 Å². The Kier molecular flexibility index (Phi) is 6.89. The molecule has 0 aliphatic carbocycles. The number of fused-ring (bicyclic) bond motifs is 1. The van der Waals surface area contributed by atoms with Crippen LogP contribution in [0.25, 0.3) is 22.6 Å². The van der Waals surface area contributed by atoms with Crippen molar-refractivity contribution in [2.75, 3.05) is 26.2 Å². The molecule has 3 aromatic heterocycles. The summed E-state index contributed by atoms with van der Waals surface area (Å²) in [5.74, 6) is 1.32. The van der Waals surface area contributed by atoms with Crippen LogP contribution in [0.3, 0.4) is 0 Å². The fraction of sp³-hybridized carbons (Fsp3) is 0.379. The monoisotopic (exact) mass is 514 g/mol. The number of carbonyl (C=O) groups is 1. The van der Waals surface area contributed by atoms with E-state index in [0.717, 1.165) is 81.0 Å². The number of likely N-dealkylation sites (tertiary alicyclic amines) is 2. The molecule has 8 heteroatoms. The van der Waals surface area contributed by atoms with Crippen molar-refractivity contribution in [1.29, 1.82) is 0 Å². The van der Waals surface area contributed by atoms with Gasteiger partial charge in [-0.3, -0.25) is 19.7 Å². The van der Waals surface area contributed by atoms with Gasteiger partial charge in [-0.2, -0.15) is 0 Å². The number of benzene rings is 1. The molecule has 4 aromatic rings. The minimum Gasteiger partial charge on any atom is -0.342 e. The van der Waals surface area contributed by atoms with E-state index in [0.29, 0.717) is 10.9 Å². The fourth-order valence-corrected chi connectivity index (χ4v) is 5.97. The maximum atomic E-state index is 13.4. The molecule has 2 fully saturated rings. The van der Waals surface area contributed by atoms with Crippen molar-refractivity contribution in [3.8, 4) is 11.5 Å². The molecule has 2 aliphatic heterocycles. The Balaban J connectivity index is 1.12. The number of carbonyl (C=O) groups excluding carboxylic acids is 1. The van der Waals surface area contributed by atoms with Crippen molar-refractivity contribution in [2.45, 2.75) is 38.3 Å². The molecule has 0 spiro atoms. The second-order valence-corrected chi connectivity index (χ2v) is 10.6. The van der Waals surface area contributed by atoms with Crippen LogP contribution in [0.4, 0.5) is 0 Å². The van der Waals surface area contributed by atoms with E-state index < -0.39 is 0 Å². The van der Waals surface area contributed by atoms with Crippen LogP contribution in [0.5, 0.6) is 0 Å². The quantitative estimate of drug-likeness (QED) is 0.365. The predicted molar refractivity (Wildman–Crippen MR) is 145 cm³/mol. The largest absolute Gasteiger partial charge is 0.342 e. The number of halogens is 1. The van der Waals surface area contributed by atoms with Crippen LogP contribution in [0, 0.1) is 5.92 Å². The number of pyridine rings is 2. The topological polar surface area (TPSA) is 67.2 Å². The third kappa shape index (κ3) is 5.11. The summed E-state index contributed by atoms with van der Waals surface area (Å²) in [5.41, 5.74) is 4.08. The third-order valence-electron chi connectivity index (χ3n) is 7.78. The summed E-state index contributed by atoms with van der Waals surface area (Å²) in [5, 5.41) is 0.678. The number of imidazole rings is 1. The van der Waals surface area contributed by atoms with Gasteiger partial charge in [-0.1, -0.05) is 17.7 Å². The first kappa shape index (κ1) is 24.1. The number of amides is 1. The summed E-state index contributed by atoms with van der Waals surface area (Å²) in [7, 11) is 0. The zero-order valence-corrected chi connectivity index (χ0v) is 21.6. The summed E-state index contributed by atoms with van der Waals surface area (Å²) >= 11 is 6.27. The number of hydrogen-bond acceptors (Lipinski definition) is 5. The van der Waals surface area contributed by atoms with E-state index in [2.05, 4.69) is 36.5 Å². The second-order valence-electron chi connectivity index (χ2n) is 10.1. The molecule has 1 aromatic carbocycles. The van der Waals surface area contributed by atoms with E-state index >= 15 is 0 Å². The average molecular weight is 515 g/mol. The van der Waals surface area contributed by atoms with Crippen LogP contribution in [0.1, 0.15) is 37.3 Å². The molecule has 0 N–H and O–H groups in total. The lowest BCUT2D eigenvalue weighted by Crippen LogP contribution is -2.45. The zero-order chi connectivity index (χ0) is 25.2. The first-order chi connectivity index (χ1) is 18.2. The van der Waals surface area contributed by atoms with Gasteiger partial charge in [0.05, 0.1) is 11.0 Å². The van der Waals surface area contributed by atoms with E-state index in [9.17, 15) is 4.79 Å². The molecule has 5 heterocycles. The zero-order valence-electron chi connectivity index (χ0n) is 20.8. The summed E-state index contributed by atoms with van der Waals surface area (Å²) < 4.78 is 2.31. The van der Waals surface area contributed by atoms with Crippen molar-refractivity contribution in [1.82, 2.24) is 29.3 Å². The van der Waals surface area contributed by atoms with Gasteiger partial charge in [0.2, 0.25) is 5.91 Å². The highest BCUT2D eigenvalue weighted by Crippen LogP contribution is 2.34. The Morgan fingerprint density at radius 2 is 1.70 bits per heavy atom. The van der Waals surface area contributed by atoms with Gasteiger partial charge in [0.1, 0.15) is 5.69 Å². The van der Waals surface area contributed by atoms with E-state index in [4.69, 9.17) is 16.6 Å². The molecular formula is C29H31ClN6O. The van der Waals surface area contributed by atoms with Gasteiger partial charge in [-0.25, -0.2) is 4.98 Å². The highest BCUT2D eigenvalue weighted by molar-refractivity contribution is 6.31. The number of hydrogen-bond donors (Lipinski definition) is 0. The summed E-state index contributed by atoms with van der Waals surface area (Å²) in [4.78, 5) is 31.5. The van der Waals surface area contributed by atoms with Crippen LogP contribution in [-0.4, -0.2) is 61.4 Å². The van der Waals surface area contributed by atoms with Crippen molar-refractivity contribution >= 4 is 28.5 Å². The third-order valence-corrected chi connectivity index (χ3v) is 8.01. The van der Waals surface area contributed by atoms with Crippen molar-refractivity contribution in [3.05, 3.63) is 77.7 Å². The van der Waals surface area contributed by atoms with Gasteiger partial charge in [0.25, 0.3) is 0 Å². The summed E-state index contributed by atoms with van der Waals surface area (Å²) in [6, 6.07) is 16.2. The fourth-order valence-electron chi connectivity index (χ4n) is 5.80. The van der Waals surface area contributed by atoms with Gasteiger partial charge >= 0.3 is 0 Å². The number of aromatic nitrogens is 4. The second kappa shape index (κ2) is 10.6. The highest BCUT2D eigenvalue weighted by Gasteiger charge is 2.32. The smallest absolute Gasteiger partial charge is 0.225 e. The first-order valence-corrected chi connectivity index (χ1v) is 13.5. The van der Waals surface area contributed by atoms with E-state index in [1.165, 1.54) is 5.56 Å². The molecule has 1 amide bonds. The molecule has 0 saturated carbocycles. The van der Waals surface area contributed by atoms with Gasteiger partial charge in [-0.05, 0) is 86.8 Å². The molecule has 0 atom stereocenters. The SMILES string of the molecule is O=C(C1CCN(Cc2ccncc2)CC1)N1CCC(n2c(-c3ccccn3)nc3cc(Cl)ccc32)CC1. The highest BCUT2D eigenvalue weighted by atomic mass is 35.5. The molecule has 0 radical (unpaired) electrons. The lowest BCUT2D eigenvalue weighted by atomic mass is 9.93. The minimum atomic E-state index is 0.130. The van der Waals surface area contributed by atoms with Crippen molar-refractivity contribution < 1.29 is 4.79 Å². The maximum absolute atomic E-state index is 13.4. The van der Waals surface area contributed by atoms with Crippen LogP contribution in [0.2, 0.25) is 5.02 Å². The van der Waals surface area contributed by atoms with Crippen LogP contribution in [-0.2, 0) is 11.3 Å². The molecule has 6 rings (SSSR count). The molecule has 2 saturated heterocycles. The van der Waals surface area contributed by atoms with E-state index in [-0.39, 0.29) is 12.0 Å². The Bertz CT molecular complexity index is 1360. The molecule has 190 valence electrons. The Morgan fingerprint density at radius 1 is 0.919 bits per heavy atom. The van der Waals surface area contributed by atoms with E-state index in [1.807, 2.05) is 48.8 Å². The van der Waals surface area contributed by atoms with Gasteiger partial charge in [0.15, 0.2) is 5.82 Å². The molecule has 0 bridgehead atoms. The van der Waals surface area contributed by atoms with E-state index in [1.54, 1.807) is 6.20 Å². The lowest BCUT2D eigenvalue weighted by Gasteiger charge is -2.38. The average Bonchev–Trinajstić information content (AvgIpc) is 3.33. The van der Waals surface area contributed by atoms with Gasteiger partial charge in [0, 0.05) is 55.2 Å². The predicted octanol–water partition coefficient (Wildman–Crippen LogP) is 5.22. The van der Waals surface area contributed by atoms with Gasteiger partial charge < -0.3 is 9.47 Å². The minimum absolute atomic E-state index is 0.130. The standard InChI is InChI=1S/C29H31ClN6O/c30-23-4-5-27-26(19-23)33-28(25-3-1-2-12-32-25)36(27)24-10-17-35(18-11-24)29(37)22-8-15-34(16-9-22)20-21-6-13-31-14-7-21/h1-7,12-14,19,22,24H,8-11,15-18,20H2. The number of nitrogens with zero attached hydrogens (tertiary/aromatic N) is 6. The summed E-state index contributed by atoms with van der Waals surface area (Å²) in [6.45, 7) is 4.40.